The van der Waals surface area contributed by atoms with Crippen LogP contribution in [0.2, 0.25) is 0 Å². The molecule has 1 aliphatic rings. The molecule has 1 N–H and O–H groups in total. The Morgan fingerprint density at radius 2 is 1.92 bits per heavy atom. The van der Waals surface area contributed by atoms with Crippen LogP contribution in [0, 0.1) is 11.6 Å². The van der Waals surface area contributed by atoms with Gasteiger partial charge in [0.1, 0.15) is 18.4 Å². The molecular formula is C18H18ClF2N3O2. The maximum absolute atomic E-state index is 14.2. The number of nitrogens with zero attached hydrogens (tertiary/aromatic N) is 2. The molecule has 8 heteroatoms. The zero-order valence-corrected chi connectivity index (χ0v) is 14.6. The molecular weight excluding hydrogens is 364 g/mol. The second-order valence-electron chi connectivity index (χ2n) is 5.81. The molecule has 0 aliphatic carbocycles. The molecule has 1 unspecified atom stereocenters. The molecule has 0 spiro atoms. The lowest BCUT2D eigenvalue weighted by Crippen LogP contribution is -2.41. The van der Waals surface area contributed by atoms with E-state index in [0.29, 0.717) is 36.5 Å². The molecule has 0 bridgehead atoms. The predicted octanol–water partition coefficient (Wildman–Crippen LogP) is 3.09. The van der Waals surface area contributed by atoms with Crippen LogP contribution in [0.5, 0.6) is 5.88 Å². The number of rotatable bonds is 4. The molecule has 0 radical (unpaired) electrons. The van der Waals surface area contributed by atoms with Crippen molar-refractivity contribution < 1.29 is 18.3 Å². The number of ether oxygens (including phenoxy) is 2. The Hall–Kier alpha value is -2.22. The second-order valence-corrected chi connectivity index (χ2v) is 5.81. The van der Waals surface area contributed by atoms with Crippen molar-refractivity contribution in [1.29, 1.82) is 0 Å². The van der Waals surface area contributed by atoms with Gasteiger partial charge in [-0.05, 0) is 24.3 Å². The maximum Gasteiger partial charge on any atom is 0.241 e. The highest BCUT2D eigenvalue weighted by molar-refractivity contribution is 5.86. The molecule has 2 heterocycles. The Morgan fingerprint density at radius 1 is 1.15 bits per heavy atom. The molecule has 5 nitrogen and oxygen atoms in total. The summed E-state index contributed by atoms with van der Waals surface area (Å²) in [5.41, 5.74) is 0.355. The van der Waals surface area contributed by atoms with Crippen molar-refractivity contribution in [2.24, 2.45) is 0 Å². The van der Waals surface area contributed by atoms with Crippen molar-refractivity contribution in [3.05, 3.63) is 54.1 Å². The fourth-order valence-electron chi connectivity index (χ4n) is 2.90. The summed E-state index contributed by atoms with van der Waals surface area (Å²) >= 11 is 0. The fraction of sp³-hybridized carbons (Fsp3) is 0.278. The number of fused-ring (bicyclic) bond motifs is 1. The van der Waals surface area contributed by atoms with Gasteiger partial charge in [0.2, 0.25) is 5.88 Å². The Kier molecular flexibility index (Phi) is 5.70. The van der Waals surface area contributed by atoms with Gasteiger partial charge in [-0.25, -0.2) is 13.5 Å². The number of nitrogens with one attached hydrogen (secondary N) is 1. The van der Waals surface area contributed by atoms with E-state index in [2.05, 4.69) is 10.4 Å². The normalized spacial score (nSPS) is 17.1. The number of aromatic nitrogens is 2. The van der Waals surface area contributed by atoms with Gasteiger partial charge in [-0.15, -0.1) is 17.5 Å². The summed E-state index contributed by atoms with van der Waals surface area (Å²) in [4.78, 5) is 0. The highest BCUT2D eigenvalue weighted by Gasteiger charge is 2.20. The second kappa shape index (κ2) is 7.99. The number of para-hydroxylation sites is 2. The molecule has 1 atom stereocenters. The third kappa shape index (κ3) is 3.51. The smallest absolute Gasteiger partial charge is 0.241 e. The Balaban J connectivity index is 0.00000196. The summed E-state index contributed by atoms with van der Waals surface area (Å²) in [6.07, 6.45) is -0.0807. The summed E-state index contributed by atoms with van der Waals surface area (Å²) in [5.74, 6) is -1.04. The van der Waals surface area contributed by atoms with Gasteiger partial charge in [0.05, 0.1) is 17.5 Å². The molecule has 0 saturated carbocycles. The lowest BCUT2D eigenvalue weighted by Gasteiger charge is -2.23. The Bertz CT molecular complexity index is 877. The highest BCUT2D eigenvalue weighted by atomic mass is 35.5. The molecule has 0 amide bonds. The average molecular weight is 382 g/mol. The predicted molar refractivity (Wildman–Crippen MR) is 96.3 cm³/mol. The van der Waals surface area contributed by atoms with E-state index in [9.17, 15) is 8.78 Å². The summed E-state index contributed by atoms with van der Waals surface area (Å²) in [7, 11) is 0. The van der Waals surface area contributed by atoms with Gasteiger partial charge in [0.15, 0.2) is 11.6 Å². The van der Waals surface area contributed by atoms with Crippen LogP contribution in [0.25, 0.3) is 16.6 Å². The van der Waals surface area contributed by atoms with Gasteiger partial charge in [-0.1, -0.05) is 18.2 Å². The SMILES string of the molecule is Cl.Fc1cccc(F)c1-n1nc(OCC2CNCCO2)c2ccccc21. The number of morpholine rings is 1. The monoisotopic (exact) mass is 381 g/mol. The van der Waals surface area contributed by atoms with Crippen LogP contribution in [0.1, 0.15) is 0 Å². The largest absolute Gasteiger partial charge is 0.473 e. The van der Waals surface area contributed by atoms with Gasteiger partial charge in [-0.3, -0.25) is 0 Å². The van der Waals surface area contributed by atoms with Gasteiger partial charge < -0.3 is 14.8 Å². The first-order valence-electron chi connectivity index (χ1n) is 8.11. The van der Waals surface area contributed by atoms with Crippen molar-refractivity contribution in [3.8, 4) is 11.6 Å². The lowest BCUT2D eigenvalue weighted by molar-refractivity contribution is -0.000510. The quantitative estimate of drug-likeness (QED) is 0.754. The van der Waals surface area contributed by atoms with Crippen molar-refractivity contribution in [2.75, 3.05) is 26.3 Å². The van der Waals surface area contributed by atoms with E-state index in [1.54, 1.807) is 12.1 Å². The van der Waals surface area contributed by atoms with Gasteiger partial charge in [0.25, 0.3) is 0 Å². The Morgan fingerprint density at radius 3 is 2.65 bits per heavy atom. The van der Waals surface area contributed by atoms with Crippen LogP contribution >= 0.6 is 12.4 Å². The average Bonchev–Trinajstić information content (AvgIpc) is 3.00. The van der Waals surface area contributed by atoms with Gasteiger partial charge in [-0.2, -0.15) is 0 Å². The van der Waals surface area contributed by atoms with E-state index in [1.165, 1.54) is 22.9 Å². The molecule has 138 valence electrons. The van der Waals surface area contributed by atoms with Crippen LogP contribution in [-0.2, 0) is 4.74 Å². The first-order chi connectivity index (χ1) is 12.2. The van der Waals surface area contributed by atoms with E-state index < -0.39 is 11.6 Å². The molecule has 1 aliphatic heterocycles. The number of hydrogen-bond acceptors (Lipinski definition) is 4. The lowest BCUT2D eigenvalue weighted by atomic mass is 10.2. The number of halogens is 3. The van der Waals surface area contributed by atoms with Crippen LogP contribution in [0.15, 0.2) is 42.5 Å². The van der Waals surface area contributed by atoms with Crippen LogP contribution in [-0.4, -0.2) is 42.2 Å². The third-order valence-corrected chi connectivity index (χ3v) is 4.11. The molecule has 26 heavy (non-hydrogen) atoms. The number of hydrogen-bond donors (Lipinski definition) is 1. The standard InChI is InChI=1S/C18H17F2N3O2.ClH/c19-14-5-3-6-15(20)17(14)23-16-7-2-1-4-13(16)18(22-23)25-11-12-10-21-8-9-24-12;/h1-7,12,21H,8-11H2;1H. The summed E-state index contributed by atoms with van der Waals surface area (Å²) in [6, 6.07) is 10.9. The third-order valence-electron chi connectivity index (χ3n) is 4.11. The topological polar surface area (TPSA) is 48.3 Å². The van der Waals surface area contributed by atoms with Gasteiger partial charge >= 0.3 is 0 Å². The molecule has 2 aromatic carbocycles. The first kappa shape index (κ1) is 18.6. The highest BCUT2D eigenvalue weighted by Crippen LogP contribution is 2.29. The van der Waals surface area contributed by atoms with Crippen molar-refractivity contribution >= 4 is 23.3 Å². The van der Waals surface area contributed by atoms with Crippen molar-refractivity contribution in [3.63, 3.8) is 0 Å². The van der Waals surface area contributed by atoms with Crippen LogP contribution < -0.4 is 10.1 Å². The minimum absolute atomic E-state index is 0. The first-order valence-corrected chi connectivity index (χ1v) is 8.11. The maximum atomic E-state index is 14.2. The minimum atomic E-state index is -0.681. The van der Waals surface area contributed by atoms with E-state index >= 15 is 0 Å². The van der Waals surface area contributed by atoms with Crippen molar-refractivity contribution in [1.82, 2.24) is 15.1 Å². The molecule has 1 aromatic heterocycles. The van der Waals surface area contributed by atoms with Crippen LogP contribution in [0.4, 0.5) is 8.78 Å². The van der Waals surface area contributed by atoms with Gasteiger partial charge in [0, 0.05) is 13.1 Å². The van der Waals surface area contributed by atoms with E-state index in [4.69, 9.17) is 9.47 Å². The zero-order valence-electron chi connectivity index (χ0n) is 13.8. The van der Waals surface area contributed by atoms with E-state index in [-0.39, 0.29) is 24.2 Å². The summed E-state index contributed by atoms with van der Waals surface area (Å²) in [5, 5.41) is 8.22. The number of benzene rings is 2. The van der Waals surface area contributed by atoms with Crippen molar-refractivity contribution in [2.45, 2.75) is 6.10 Å². The summed E-state index contributed by atoms with van der Waals surface area (Å²) in [6.45, 7) is 2.46. The fourth-order valence-corrected chi connectivity index (χ4v) is 2.90. The van der Waals surface area contributed by atoms with Crippen LogP contribution in [0.3, 0.4) is 0 Å². The van der Waals surface area contributed by atoms with E-state index in [1.807, 2.05) is 12.1 Å². The molecule has 4 rings (SSSR count). The Labute approximate surface area is 155 Å². The summed E-state index contributed by atoms with van der Waals surface area (Å²) < 4.78 is 41.0. The minimum Gasteiger partial charge on any atom is -0.473 e. The molecule has 1 fully saturated rings. The molecule has 3 aromatic rings. The zero-order chi connectivity index (χ0) is 17.2. The van der Waals surface area contributed by atoms with E-state index in [0.717, 1.165) is 6.54 Å². The molecule has 1 saturated heterocycles.